The summed E-state index contributed by atoms with van der Waals surface area (Å²) in [4.78, 5) is 12.8. The quantitative estimate of drug-likeness (QED) is 0.611. The number of rotatable bonds is 6. The lowest BCUT2D eigenvalue weighted by Crippen LogP contribution is -2.41. The summed E-state index contributed by atoms with van der Waals surface area (Å²) >= 11 is 0. The van der Waals surface area contributed by atoms with E-state index in [0.717, 1.165) is 23.2 Å². The molecule has 1 aliphatic rings. The first-order valence-electron chi connectivity index (χ1n) is 11.0. The van der Waals surface area contributed by atoms with E-state index < -0.39 is 10.0 Å². The SMILES string of the molecule is CC[C@H](C)n1nnc2cc(S(=O)(=O)N3CCC(C(=O)Nc4cccc(C)c4)CC3)ccc21. The Morgan fingerprint density at radius 2 is 1.94 bits per heavy atom. The highest BCUT2D eigenvalue weighted by Crippen LogP contribution is 2.27. The van der Waals surface area contributed by atoms with Crippen molar-refractivity contribution < 1.29 is 13.2 Å². The lowest BCUT2D eigenvalue weighted by atomic mass is 9.97. The molecular weight excluding hydrogens is 426 g/mol. The van der Waals surface area contributed by atoms with Crippen molar-refractivity contribution in [3.8, 4) is 0 Å². The Bertz CT molecular complexity index is 1230. The molecule has 1 atom stereocenters. The van der Waals surface area contributed by atoms with Gasteiger partial charge in [0.15, 0.2) is 0 Å². The molecule has 4 rings (SSSR count). The number of sulfonamides is 1. The van der Waals surface area contributed by atoms with Gasteiger partial charge < -0.3 is 5.32 Å². The maximum Gasteiger partial charge on any atom is 0.243 e. The van der Waals surface area contributed by atoms with Crippen LogP contribution in [0.4, 0.5) is 5.69 Å². The second kappa shape index (κ2) is 8.99. The Morgan fingerprint density at radius 1 is 1.19 bits per heavy atom. The van der Waals surface area contributed by atoms with E-state index >= 15 is 0 Å². The number of aryl methyl sites for hydroxylation is 1. The lowest BCUT2D eigenvalue weighted by Gasteiger charge is -2.30. The zero-order valence-corrected chi connectivity index (χ0v) is 19.5. The first-order valence-corrected chi connectivity index (χ1v) is 12.5. The van der Waals surface area contributed by atoms with Crippen molar-refractivity contribution in [1.82, 2.24) is 19.3 Å². The van der Waals surface area contributed by atoms with E-state index in [9.17, 15) is 13.2 Å². The molecule has 1 fully saturated rings. The van der Waals surface area contributed by atoms with Gasteiger partial charge in [-0.05, 0) is 69.0 Å². The number of anilines is 1. The van der Waals surface area contributed by atoms with Crippen molar-refractivity contribution in [3.63, 3.8) is 0 Å². The third kappa shape index (κ3) is 4.40. The van der Waals surface area contributed by atoms with E-state index in [2.05, 4.69) is 29.5 Å². The van der Waals surface area contributed by atoms with E-state index in [1.54, 1.807) is 18.2 Å². The molecule has 0 saturated carbocycles. The van der Waals surface area contributed by atoms with Gasteiger partial charge in [0.2, 0.25) is 15.9 Å². The molecule has 9 heteroatoms. The molecule has 170 valence electrons. The van der Waals surface area contributed by atoms with E-state index in [1.165, 1.54) is 4.31 Å². The number of carbonyl (C=O) groups is 1. The Hall–Kier alpha value is -2.78. The molecule has 0 bridgehead atoms. The summed E-state index contributed by atoms with van der Waals surface area (Å²) in [5.41, 5.74) is 3.23. The number of amides is 1. The van der Waals surface area contributed by atoms with Gasteiger partial charge >= 0.3 is 0 Å². The highest BCUT2D eigenvalue weighted by molar-refractivity contribution is 7.89. The second-order valence-electron chi connectivity index (χ2n) is 8.48. The predicted octanol–water partition coefficient (Wildman–Crippen LogP) is 3.75. The highest BCUT2D eigenvalue weighted by Gasteiger charge is 2.32. The summed E-state index contributed by atoms with van der Waals surface area (Å²) in [5, 5.41) is 11.3. The van der Waals surface area contributed by atoms with Gasteiger partial charge in [-0.15, -0.1) is 5.10 Å². The maximum absolute atomic E-state index is 13.2. The summed E-state index contributed by atoms with van der Waals surface area (Å²) in [6.07, 6.45) is 1.89. The summed E-state index contributed by atoms with van der Waals surface area (Å²) in [5.74, 6) is -0.268. The van der Waals surface area contributed by atoms with Crippen LogP contribution < -0.4 is 5.32 Å². The molecule has 1 amide bonds. The fourth-order valence-corrected chi connectivity index (χ4v) is 5.55. The highest BCUT2D eigenvalue weighted by atomic mass is 32.2. The average molecular weight is 456 g/mol. The van der Waals surface area contributed by atoms with Crippen LogP contribution in [0.25, 0.3) is 11.0 Å². The number of benzene rings is 2. The molecule has 1 saturated heterocycles. The smallest absolute Gasteiger partial charge is 0.243 e. The zero-order valence-electron chi connectivity index (χ0n) is 18.7. The first kappa shape index (κ1) is 22.4. The second-order valence-corrected chi connectivity index (χ2v) is 10.4. The normalized spacial score (nSPS) is 16.8. The molecule has 8 nitrogen and oxygen atoms in total. The van der Waals surface area contributed by atoms with Crippen LogP contribution >= 0.6 is 0 Å². The van der Waals surface area contributed by atoms with Crippen LogP contribution in [0.15, 0.2) is 47.4 Å². The standard InChI is InChI=1S/C23H29N5O3S/c1-4-17(3)28-22-9-8-20(15-21(22)25-26-28)32(30,31)27-12-10-18(11-13-27)23(29)24-19-7-5-6-16(2)14-19/h5-9,14-15,17-18H,4,10-13H2,1-3H3,(H,24,29)/t17-/m0/s1. The van der Waals surface area contributed by atoms with Crippen molar-refractivity contribution in [2.24, 2.45) is 5.92 Å². The van der Waals surface area contributed by atoms with E-state index in [1.807, 2.05) is 35.9 Å². The molecule has 2 heterocycles. The van der Waals surface area contributed by atoms with Crippen molar-refractivity contribution in [2.75, 3.05) is 18.4 Å². The molecule has 0 unspecified atom stereocenters. The molecule has 32 heavy (non-hydrogen) atoms. The summed E-state index contributed by atoms with van der Waals surface area (Å²) in [6, 6.07) is 12.8. The van der Waals surface area contributed by atoms with Crippen molar-refractivity contribution >= 4 is 32.7 Å². The monoisotopic (exact) mass is 455 g/mol. The van der Waals surface area contributed by atoms with Crippen molar-refractivity contribution in [1.29, 1.82) is 0 Å². The van der Waals surface area contributed by atoms with Crippen LogP contribution in [-0.2, 0) is 14.8 Å². The molecule has 0 aliphatic carbocycles. The fourth-order valence-electron chi connectivity index (χ4n) is 4.06. The molecule has 3 aromatic rings. The molecular formula is C23H29N5O3S. The largest absolute Gasteiger partial charge is 0.326 e. The molecule has 2 aromatic carbocycles. The number of nitrogens with one attached hydrogen (secondary N) is 1. The molecule has 0 radical (unpaired) electrons. The summed E-state index contributed by atoms with van der Waals surface area (Å²) in [6.45, 7) is 6.72. The van der Waals surface area contributed by atoms with E-state index in [-0.39, 0.29) is 22.8 Å². The van der Waals surface area contributed by atoms with Crippen LogP contribution in [0, 0.1) is 12.8 Å². The van der Waals surface area contributed by atoms with Gasteiger partial charge in [-0.3, -0.25) is 4.79 Å². The Kier molecular flexibility index (Phi) is 6.30. The van der Waals surface area contributed by atoms with Gasteiger partial charge in [0, 0.05) is 24.7 Å². The first-order chi connectivity index (χ1) is 15.3. The Labute approximate surface area is 188 Å². The van der Waals surface area contributed by atoms with Gasteiger partial charge in [-0.25, -0.2) is 13.1 Å². The zero-order chi connectivity index (χ0) is 22.9. The number of piperidine rings is 1. The lowest BCUT2D eigenvalue weighted by molar-refractivity contribution is -0.120. The maximum atomic E-state index is 13.2. The number of carbonyl (C=O) groups excluding carboxylic acids is 1. The minimum Gasteiger partial charge on any atom is -0.326 e. The number of hydrogen-bond donors (Lipinski definition) is 1. The van der Waals surface area contributed by atoms with Gasteiger partial charge in [0.05, 0.1) is 16.5 Å². The van der Waals surface area contributed by atoms with Crippen molar-refractivity contribution in [2.45, 2.75) is 51.0 Å². The Morgan fingerprint density at radius 3 is 2.62 bits per heavy atom. The molecule has 1 aromatic heterocycles. The van der Waals surface area contributed by atoms with Crippen LogP contribution in [-0.4, -0.2) is 46.7 Å². The van der Waals surface area contributed by atoms with Gasteiger partial charge in [-0.1, -0.05) is 24.3 Å². The van der Waals surface area contributed by atoms with Crippen molar-refractivity contribution in [3.05, 3.63) is 48.0 Å². The van der Waals surface area contributed by atoms with Gasteiger partial charge in [0.25, 0.3) is 0 Å². The number of nitrogens with zero attached hydrogens (tertiary/aromatic N) is 4. The molecule has 1 aliphatic heterocycles. The third-order valence-electron chi connectivity index (χ3n) is 6.20. The average Bonchev–Trinajstić information content (AvgIpc) is 3.22. The summed E-state index contributed by atoms with van der Waals surface area (Å²) in [7, 11) is -3.66. The van der Waals surface area contributed by atoms with Crippen LogP contribution in [0.2, 0.25) is 0 Å². The van der Waals surface area contributed by atoms with Gasteiger partial charge in [0.1, 0.15) is 5.52 Å². The minimum absolute atomic E-state index is 0.0595. The molecule has 0 spiro atoms. The van der Waals surface area contributed by atoms with E-state index in [4.69, 9.17) is 0 Å². The minimum atomic E-state index is -3.66. The third-order valence-corrected chi connectivity index (χ3v) is 8.09. The van der Waals surface area contributed by atoms with E-state index in [0.29, 0.717) is 31.4 Å². The predicted molar refractivity (Wildman–Crippen MR) is 124 cm³/mol. The molecule has 1 N–H and O–H groups in total. The number of fused-ring (bicyclic) bond motifs is 1. The van der Waals surface area contributed by atoms with Gasteiger partial charge in [-0.2, -0.15) is 4.31 Å². The number of hydrogen-bond acceptors (Lipinski definition) is 5. The topological polar surface area (TPSA) is 97.2 Å². The Balaban J connectivity index is 1.44. The number of aromatic nitrogens is 3. The fraction of sp³-hybridized carbons (Fsp3) is 0.435. The van der Waals surface area contributed by atoms with Crippen LogP contribution in [0.5, 0.6) is 0 Å². The van der Waals surface area contributed by atoms with Crippen LogP contribution in [0.3, 0.4) is 0 Å². The summed E-state index contributed by atoms with van der Waals surface area (Å²) < 4.78 is 29.7. The van der Waals surface area contributed by atoms with Crippen LogP contribution in [0.1, 0.15) is 44.7 Å².